The number of hydrogen-bond donors (Lipinski definition) is 0. The van der Waals surface area contributed by atoms with Gasteiger partial charge in [0, 0.05) is 17.1 Å². The second-order valence-corrected chi connectivity index (χ2v) is 4.26. The first-order valence-electron chi connectivity index (χ1n) is 6.10. The minimum Gasteiger partial charge on any atom is -0.256 e. The van der Waals surface area contributed by atoms with Crippen molar-refractivity contribution in [2.45, 2.75) is 0 Å². The second kappa shape index (κ2) is 5.02. The molecule has 0 atom stereocenters. The first-order chi connectivity index (χ1) is 9.40. The highest BCUT2D eigenvalue weighted by atomic mass is 19.1. The van der Waals surface area contributed by atoms with E-state index >= 15 is 0 Å². The highest BCUT2D eigenvalue weighted by Gasteiger charge is 2.06. The summed E-state index contributed by atoms with van der Waals surface area (Å²) in [4.78, 5) is 4.46. The van der Waals surface area contributed by atoms with Gasteiger partial charge in [0.15, 0.2) is 0 Å². The maximum absolute atomic E-state index is 12.4. The van der Waals surface area contributed by atoms with E-state index in [1.807, 2.05) is 54.6 Å². The van der Waals surface area contributed by atoms with E-state index in [-0.39, 0.29) is 0 Å². The van der Waals surface area contributed by atoms with Crippen molar-refractivity contribution in [1.82, 2.24) is 4.98 Å². The van der Waals surface area contributed by atoms with Gasteiger partial charge in [-0.05, 0) is 23.1 Å². The topological polar surface area (TPSA) is 12.9 Å². The maximum Gasteiger partial charge on any atom is 0.0873 e. The van der Waals surface area contributed by atoms with Gasteiger partial charge in [0.1, 0.15) is 0 Å². The molecule has 2 aromatic carbocycles. The molecule has 0 aliphatic heterocycles. The number of fused-ring (bicyclic) bond motifs is 1. The fraction of sp³-hybridized carbons (Fsp3) is 0. The number of nitrogens with zero attached hydrogens (tertiary/aromatic N) is 1. The van der Waals surface area contributed by atoms with E-state index < -0.39 is 0 Å². The molecule has 92 valence electrons. The lowest BCUT2D eigenvalue weighted by molar-refractivity contribution is 0.727. The van der Waals surface area contributed by atoms with Crippen LogP contribution in [0.15, 0.2) is 67.1 Å². The summed E-state index contributed by atoms with van der Waals surface area (Å²) in [5.41, 5.74) is 2.85. The van der Waals surface area contributed by atoms with Crippen molar-refractivity contribution in [3.8, 4) is 11.3 Å². The minimum absolute atomic E-state index is 0.567. The SMILES string of the molecule is F/C=C/c1cccc2c(-c3ccccc3)nccc12. The molecule has 0 bridgehead atoms. The fourth-order valence-electron chi connectivity index (χ4n) is 2.27. The minimum atomic E-state index is 0.567. The lowest BCUT2D eigenvalue weighted by Crippen LogP contribution is -1.87. The fourth-order valence-corrected chi connectivity index (χ4v) is 2.27. The average molecular weight is 249 g/mol. The summed E-state index contributed by atoms with van der Waals surface area (Å²) in [6.45, 7) is 0. The van der Waals surface area contributed by atoms with Crippen LogP contribution in [0, 0.1) is 0 Å². The van der Waals surface area contributed by atoms with Gasteiger partial charge in [-0.25, -0.2) is 4.39 Å². The second-order valence-electron chi connectivity index (χ2n) is 4.26. The van der Waals surface area contributed by atoms with Gasteiger partial charge in [0.05, 0.1) is 12.0 Å². The quantitative estimate of drug-likeness (QED) is 0.633. The number of halogens is 1. The Kier molecular flexibility index (Phi) is 3.07. The highest BCUT2D eigenvalue weighted by molar-refractivity contribution is 5.98. The molecule has 0 fully saturated rings. The molecule has 3 aromatic rings. The molecule has 3 rings (SSSR count). The molecular weight excluding hydrogens is 237 g/mol. The zero-order valence-electron chi connectivity index (χ0n) is 10.3. The largest absolute Gasteiger partial charge is 0.256 e. The van der Waals surface area contributed by atoms with Crippen molar-refractivity contribution in [3.05, 3.63) is 72.7 Å². The van der Waals surface area contributed by atoms with Crippen LogP contribution in [0.5, 0.6) is 0 Å². The van der Waals surface area contributed by atoms with E-state index in [2.05, 4.69) is 4.98 Å². The van der Waals surface area contributed by atoms with Crippen LogP contribution in [0.3, 0.4) is 0 Å². The number of benzene rings is 2. The number of pyridine rings is 1. The predicted molar refractivity (Wildman–Crippen MR) is 77.3 cm³/mol. The zero-order chi connectivity index (χ0) is 13.1. The standard InChI is InChI=1S/C17H12FN/c18-11-9-13-7-4-8-16-15(13)10-12-19-17(16)14-5-2-1-3-6-14/h1-12H/b11-9+. The molecule has 0 amide bonds. The molecule has 0 aliphatic rings. The third-order valence-electron chi connectivity index (χ3n) is 3.13. The Balaban J connectivity index is 2.31. The third kappa shape index (κ3) is 2.13. The molecular formula is C17H12FN. The molecule has 0 saturated heterocycles. The van der Waals surface area contributed by atoms with Gasteiger partial charge in [-0.1, -0.05) is 48.5 Å². The van der Waals surface area contributed by atoms with Gasteiger partial charge in [-0.3, -0.25) is 4.98 Å². The summed E-state index contributed by atoms with van der Waals surface area (Å²) >= 11 is 0. The Hall–Kier alpha value is -2.48. The van der Waals surface area contributed by atoms with Crippen molar-refractivity contribution in [3.63, 3.8) is 0 Å². The molecule has 0 unspecified atom stereocenters. The molecule has 0 aliphatic carbocycles. The summed E-state index contributed by atoms with van der Waals surface area (Å²) in [7, 11) is 0. The highest BCUT2D eigenvalue weighted by Crippen LogP contribution is 2.28. The van der Waals surface area contributed by atoms with Crippen LogP contribution < -0.4 is 0 Å². The first kappa shape index (κ1) is 11.6. The molecule has 0 saturated carbocycles. The molecule has 1 nitrogen and oxygen atoms in total. The van der Waals surface area contributed by atoms with E-state index in [0.29, 0.717) is 6.33 Å². The molecule has 1 aromatic heterocycles. The molecule has 19 heavy (non-hydrogen) atoms. The smallest absolute Gasteiger partial charge is 0.0873 e. The molecule has 2 heteroatoms. The van der Waals surface area contributed by atoms with Crippen molar-refractivity contribution < 1.29 is 4.39 Å². The van der Waals surface area contributed by atoms with Crippen molar-refractivity contribution in [1.29, 1.82) is 0 Å². The van der Waals surface area contributed by atoms with Crippen LogP contribution in [0.25, 0.3) is 28.1 Å². The number of aromatic nitrogens is 1. The Morgan fingerprint density at radius 1 is 0.842 bits per heavy atom. The van der Waals surface area contributed by atoms with E-state index in [4.69, 9.17) is 0 Å². The summed E-state index contributed by atoms with van der Waals surface area (Å²) < 4.78 is 12.4. The van der Waals surface area contributed by atoms with Gasteiger partial charge in [-0.2, -0.15) is 0 Å². The van der Waals surface area contributed by atoms with Gasteiger partial charge in [0.2, 0.25) is 0 Å². The lowest BCUT2D eigenvalue weighted by atomic mass is 10.0. The third-order valence-corrected chi connectivity index (χ3v) is 3.13. The summed E-state index contributed by atoms with van der Waals surface area (Å²) in [5, 5.41) is 2.04. The Morgan fingerprint density at radius 2 is 1.68 bits per heavy atom. The summed E-state index contributed by atoms with van der Waals surface area (Å²) in [5.74, 6) is 0. The van der Waals surface area contributed by atoms with E-state index in [0.717, 1.165) is 27.6 Å². The van der Waals surface area contributed by atoms with Gasteiger partial charge in [0.25, 0.3) is 0 Å². The Morgan fingerprint density at radius 3 is 2.47 bits per heavy atom. The van der Waals surface area contributed by atoms with Crippen LogP contribution in [0.2, 0.25) is 0 Å². The van der Waals surface area contributed by atoms with Crippen LogP contribution in [-0.2, 0) is 0 Å². The van der Waals surface area contributed by atoms with Gasteiger partial charge < -0.3 is 0 Å². The van der Waals surface area contributed by atoms with Crippen molar-refractivity contribution in [2.24, 2.45) is 0 Å². The molecule has 0 spiro atoms. The van der Waals surface area contributed by atoms with E-state index in [1.165, 1.54) is 6.08 Å². The normalized spacial score (nSPS) is 11.2. The van der Waals surface area contributed by atoms with Crippen LogP contribution in [0.4, 0.5) is 4.39 Å². The molecule has 0 radical (unpaired) electrons. The first-order valence-corrected chi connectivity index (χ1v) is 6.10. The average Bonchev–Trinajstić information content (AvgIpc) is 2.48. The predicted octanol–water partition coefficient (Wildman–Crippen LogP) is 4.84. The Bertz CT molecular complexity index is 733. The summed E-state index contributed by atoms with van der Waals surface area (Å²) in [6, 6.07) is 17.8. The van der Waals surface area contributed by atoms with Crippen molar-refractivity contribution in [2.75, 3.05) is 0 Å². The van der Waals surface area contributed by atoms with Crippen LogP contribution in [0.1, 0.15) is 5.56 Å². The van der Waals surface area contributed by atoms with Gasteiger partial charge in [-0.15, -0.1) is 0 Å². The number of hydrogen-bond acceptors (Lipinski definition) is 1. The van der Waals surface area contributed by atoms with Gasteiger partial charge >= 0.3 is 0 Å². The monoisotopic (exact) mass is 249 g/mol. The van der Waals surface area contributed by atoms with Crippen molar-refractivity contribution >= 4 is 16.8 Å². The summed E-state index contributed by atoms with van der Waals surface area (Å²) in [6.07, 6.45) is 3.80. The van der Waals surface area contributed by atoms with Crippen LogP contribution in [-0.4, -0.2) is 4.98 Å². The zero-order valence-corrected chi connectivity index (χ0v) is 10.3. The van der Waals surface area contributed by atoms with E-state index in [9.17, 15) is 4.39 Å². The van der Waals surface area contributed by atoms with Crippen LogP contribution >= 0.6 is 0 Å². The Labute approximate surface area is 111 Å². The maximum atomic E-state index is 12.4. The number of rotatable bonds is 2. The molecule has 0 N–H and O–H groups in total. The molecule has 1 heterocycles. The van der Waals surface area contributed by atoms with E-state index in [1.54, 1.807) is 6.20 Å². The lowest BCUT2D eigenvalue weighted by Gasteiger charge is -2.07.